The molecule has 0 bridgehead atoms. The Balaban J connectivity index is 2.64. The molecule has 0 aliphatic heterocycles. The van der Waals surface area contributed by atoms with Crippen LogP contribution in [0.25, 0.3) is 11.1 Å². The Kier molecular flexibility index (Phi) is 3.29. The maximum atomic E-state index is 13.4. The summed E-state index contributed by atoms with van der Waals surface area (Å²) in [6.07, 6.45) is 0. The summed E-state index contributed by atoms with van der Waals surface area (Å²) < 4.78 is 39.5. The van der Waals surface area contributed by atoms with Crippen molar-refractivity contribution >= 4 is 5.97 Å². The van der Waals surface area contributed by atoms with Crippen molar-refractivity contribution in [2.75, 3.05) is 0 Å². The Morgan fingerprint density at radius 2 is 1.68 bits per heavy atom. The fourth-order valence-electron chi connectivity index (χ4n) is 1.81. The molecule has 0 saturated heterocycles. The molecule has 0 aliphatic carbocycles. The summed E-state index contributed by atoms with van der Waals surface area (Å²) in [4.78, 5) is 10.9. The topological polar surface area (TPSA) is 37.3 Å². The van der Waals surface area contributed by atoms with Crippen LogP contribution in [0.15, 0.2) is 30.3 Å². The van der Waals surface area contributed by atoms with Gasteiger partial charge in [0, 0.05) is 0 Å². The van der Waals surface area contributed by atoms with Gasteiger partial charge in [0.2, 0.25) is 0 Å². The summed E-state index contributed by atoms with van der Waals surface area (Å²) in [7, 11) is 0. The van der Waals surface area contributed by atoms with E-state index in [0.717, 1.165) is 24.3 Å². The summed E-state index contributed by atoms with van der Waals surface area (Å²) >= 11 is 0. The van der Waals surface area contributed by atoms with Gasteiger partial charge in [0.05, 0.1) is 5.56 Å². The molecule has 0 radical (unpaired) electrons. The molecule has 98 valence electrons. The van der Waals surface area contributed by atoms with Gasteiger partial charge < -0.3 is 5.11 Å². The van der Waals surface area contributed by atoms with Crippen LogP contribution in [0.5, 0.6) is 0 Å². The van der Waals surface area contributed by atoms with Crippen LogP contribution in [0.1, 0.15) is 15.9 Å². The largest absolute Gasteiger partial charge is 0.478 e. The van der Waals surface area contributed by atoms with E-state index in [2.05, 4.69) is 0 Å². The standard InChI is InChI=1S/C14H9F3O2/c1-7-4-12(16)10(14(18)19)6-9(7)8-2-3-11(15)13(17)5-8/h2-6H,1H3,(H,18,19). The van der Waals surface area contributed by atoms with E-state index in [1.54, 1.807) is 6.92 Å². The highest BCUT2D eigenvalue weighted by atomic mass is 19.2. The molecule has 0 aromatic heterocycles. The SMILES string of the molecule is Cc1cc(F)c(C(=O)O)cc1-c1ccc(F)c(F)c1. The minimum atomic E-state index is -1.42. The van der Waals surface area contributed by atoms with Gasteiger partial charge in [-0.05, 0) is 47.9 Å². The molecule has 5 heteroatoms. The predicted molar refractivity (Wildman–Crippen MR) is 63.4 cm³/mol. The van der Waals surface area contributed by atoms with E-state index in [-0.39, 0.29) is 0 Å². The Morgan fingerprint density at radius 1 is 1.00 bits per heavy atom. The molecule has 0 heterocycles. The average molecular weight is 266 g/mol. The van der Waals surface area contributed by atoms with Crippen LogP contribution < -0.4 is 0 Å². The van der Waals surface area contributed by atoms with Crippen molar-refractivity contribution in [3.8, 4) is 11.1 Å². The second-order valence-electron chi connectivity index (χ2n) is 4.08. The highest BCUT2D eigenvalue weighted by Gasteiger charge is 2.15. The van der Waals surface area contributed by atoms with Gasteiger partial charge in [-0.3, -0.25) is 0 Å². The molecule has 19 heavy (non-hydrogen) atoms. The van der Waals surface area contributed by atoms with Gasteiger partial charge in [-0.25, -0.2) is 18.0 Å². The van der Waals surface area contributed by atoms with Crippen molar-refractivity contribution in [3.63, 3.8) is 0 Å². The van der Waals surface area contributed by atoms with Crippen LogP contribution in [-0.4, -0.2) is 11.1 Å². The lowest BCUT2D eigenvalue weighted by Gasteiger charge is -2.09. The maximum Gasteiger partial charge on any atom is 0.338 e. The van der Waals surface area contributed by atoms with Gasteiger partial charge in [0.1, 0.15) is 5.82 Å². The zero-order valence-electron chi connectivity index (χ0n) is 9.88. The average Bonchev–Trinajstić information content (AvgIpc) is 2.32. The summed E-state index contributed by atoms with van der Waals surface area (Å²) in [6, 6.07) is 5.36. The number of carboxylic acids is 1. The first-order valence-corrected chi connectivity index (χ1v) is 5.39. The van der Waals surface area contributed by atoms with E-state index in [1.807, 2.05) is 0 Å². The summed E-state index contributed by atoms with van der Waals surface area (Å²) in [6.45, 7) is 1.56. The molecule has 0 aliphatic rings. The number of aromatic carboxylic acids is 1. The molecule has 0 saturated carbocycles. The second-order valence-corrected chi connectivity index (χ2v) is 4.08. The van der Waals surface area contributed by atoms with Crippen LogP contribution in [0, 0.1) is 24.4 Å². The zero-order chi connectivity index (χ0) is 14.2. The van der Waals surface area contributed by atoms with Crippen molar-refractivity contribution in [2.45, 2.75) is 6.92 Å². The van der Waals surface area contributed by atoms with Crippen LogP contribution in [0.4, 0.5) is 13.2 Å². The van der Waals surface area contributed by atoms with E-state index < -0.39 is 29.0 Å². The number of hydrogen-bond donors (Lipinski definition) is 1. The molecule has 0 spiro atoms. The first kappa shape index (κ1) is 13.1. The second kappa shape index (κ2) is 4.76. The fraction of sp³-hybridized carbons (Fsp3) is 0.0714. The molecule has 2 aromatic rings. The van der Waals surface area contributed by atoms with E-state index in [1.165, 1.54) is 6.07 Å². The number of aryl methyl sites for hydroxylation is 1. The number of carbonyl (C=O) groups is 1. The third kappa shape index (κ3) is 2.45. The molecular weight excluding hydrogens is 257 g/mol. The van der Waals surface area contributed by atoms with Gasteiger partial charge in [0.15, 0.2) is 11.6 Å². The monoisotopic (exact) mass is 266 g/mol. The van der Waals surface area contributed by atoms with Crippen molar-refractivity contribution < 1.29 is 23.1 Å². The number of halogens is 3. The highest BCUT2D eigenvalue weighted by Crippen LogP contribution is 2.27. The van der Waals surface area contributed by atoms with Gasteiger partial charge in [-0.2, -0.15) is 0 Å². The van der Waals surface area contributed by atoms with Crippen molar-refractivity contribution in [2.24, 2.45) is 0 Å². The number of benzene rings is 2. The summed E-state index contributed by atoms with van der Waals surface area (Å²) in [5.41, 5.74) is 0.565. The molecular formula is C14H9F3O2. The van der Waals surface area contributed by atoms with Crippen LogP contribution in [-0.2, 0) is 0 Å². The quantitative estimate of drug-likeness (QED) is 0.898. The Bertz CT molecular complexity index is 666. The lowest BCUT2D eigenvalue weighted by Crippen LogP contribution is -2.02. The Morgan fingerprint density at radius 3 is 2.26 bits per heavy atom. The highest BCUT2D eigenvalue weighted by molar-refractivity contribution is 5.90. The van der Waals surface area contributed by atoms with Gasteiger partial charge in [-0.15, -0.1) is 0 Å². The van der Waals surface area contributed by atoms with E-state index in [4.69, 9.17) is 5.11 Å². The molecule has 2 aromatic carbocycles. The third-order valence-corrected chi connectivity index (χ3v) is 2.78. The van der Waals surface area contributed by atoms with E-state index in [9.17, 15) is 18.0 Å². The summed E-state index contributed by atoms with van der Waals surface area (Å²) in [5.74, 6) is -4.32. The molecule has 2 nitrogen and oxygen atoms in total. The predicted octanol–water partition coefficient (Wildman–Crippen LogP) is 3.78. The maximum absolute atomic E-state index is 13.4. The smallest absolute Gasteiger partial charge is 0.338 e. The number of carboxylic acid groups (broad SMARTS) is 1. The first-order chi connectivity index (χ1) is 8.90. The van der Waals surface area contributed by atoms with Gasteiger partial charge in [0.25, 0.3) is 0 Å². The van der Waals surface area contributed by atoms with E-state index in [0.29, 0.717) is 16.7 Å². The molecule has 2 rings (SSSR count). The van der Waals surface area contributed by atoms with Crippen molar-refractivity contribution in [1.29, 1.82) is 0 Å². The molecule has 0 amide bonds. The van der Waals surface area contributed by atoms with Gasteiger partial charge >= 0.3 is 5.97 Å². The Hall–Kier alpha value is -2.30. The molecule has 0 unspecified atom stereocenters. The van der Waals surface area contributed by atoms with E-state index >= 15 is 0 Å². The molecule has 0 fully saturated rings. The minimum absolute atomic E-state index is 0.291. The Labute approximate surface area is 107 Å². The number of hydrogen-bond acceptors (Lipinski definition) is 1. The van der Waals surface area contributed by atoms with Crippen LogP contribution in [0.2, 0.25) is 0 Å². The van der Waals surface area contributed by atoms with Crippen molar-refractivity contribution in [1.82, 2.24) is 0 Å². The lowest BCUT2D eigenvalue weighted by atomic mass is 9.97. The normalized spacial score (nSPS) is 10.5. The number of rotatable bonds is 2. The summed E-state index contributed by atoms with van der Waals surface area (Å²) in [5, 5.41) is 8.85. The van der Waals surface area contributed by atoms with Crippen LogP contribution >= 0.6 is 0 Å². The molecule has 0 atom stereocenters. The minimum Gasteiger partial charge on any atom is -0.478 e. The van der Waals surface area contributed by atoms with Crippen molar-refractivity contribution in [3.05, 3.63) is 58.9 Å². The first-order valence-electron chi connectivity index (χ1n) is 5.39. The molecule has 1 N–H and O–H groups in total. The van der Waals surface area contributed by atoms with Gasteiger partial charge in [-0.1, -0.05) is 6.07 Å². The fourth-order valence-corrected chi connectivity index (χ4v) is 1.81. The van der Waals surface area contributed by atoms with Crippen LogP contribution in [0.3, 0.4) is 0 Å². The zero-order valence-corrected chi connectivity index (χ0v) is 9.88. The lowest BCUT2D eigenvalue weighted by molar-refractivity contribution is 0.0692. The third-order valence-electron chi connectivity index (χ3n) is 2.78.